The molecule has 1 aliphatic carbocycles. The van der Waals surface area contributed by atoms with Gasteiger partial charge in [0.2, 0.25) is 0 Å². The predicted octanol–water partition coefficient (Wildman–Crippen LogP) is 3.02. The van der Waals surface area contributed by atoms with Crippen molar-refractivity contribution in [1.29, 1.82) is 0 Å². The lowest BCUT2D eigenvalue weighted by molar-refractivity contribution is 0.0636. The van der Waals surface area contributed by atoms with Crippen LogP contribution in [-0.4, -0.2) is 18.2 Å². The van der Waals surface area contributed by atoms with E-state index in [0.29, 0.717) is 6.54 Å². The summed E-state index contributed by atoms with van der Waals surface area (Å²) in [4.78, 5) is 11.6. The third kappa shape index (κ3) is 3.47. The number of hydrogen-bond acceptors (Lipinski definition) is 3. The summed E-state index contributed by atoms with van der Waals surface area (Å²) in [6.07, 6.45) is 1.88. The molecule has 3 N–H and O–H groups in total. The van der Waals surface area contributed by atoms with Crippen molar-refractivity contribution < 1.29 is 9.53 Å². The molecule has 0 aliphatic heterocycles. The Bertz CT molecular complexity index is 456. The van der Waals surface area contributed by atoms with Gasteiger partial charge in [-0.05, 0) is 51.3 Å². The van der Waals surface area contributed by atoms with Gasteiger partial charge < -0.3 is 10.5 Å². The third-order valence-electron chi connectivity index (χ3n) is 3.39. The summed E-state index contributed by atoms with van der Waals surface area (Å²) in [5, 5.41) is 2.72. The average Bonchev–Trinajstić information content (AvgIpc) is 3.08. The molecule has 0 unspecified atom stereocenters. The first kappa shape index (κ1) is 13.9. The van der Waals surface area contributed by atoms with Gasteiger partial charge in [0, 0.05) is 17.6 Å². The first-order valence-electron chi connectivity index (χ1n) is 6.65. The van der Waals surface area contributed by atoms with Crippen LogP contribution in [0.25, 0.3) is 0 Å². The van der Waals surface area contributed by atoms with Gasteiger partial charge in [0.05, 0.1) is 0 Å². The highest BCUT2D eigenvalue weighted by Crippen LogP contribution is 2.47. The minimum Gasteiger partial charge on any atom is -0.444 e. The van der Waals surface area contributed by atoms with E-state index >= 15 is 0 Å². The zero-order valence-corrected chi connectivity index (χ0v) is 11.8. The van der Waals surface area contributed by atoms with Gasteiger partial charge in [-0.1, -0.05) is 12.1 Å². The molecule has 1 aliphatic rings. The van der Waals surface area contributed by atoms with Crippen LogP contribution >= 0.6 is 0 Å². The molecule has 0 atom stereocenters. The van der Waals surface area contributed by atoms with Gasteiger partial charge in [0.1, 0.15) is 5.60 Å². The smallest absolute Gasteiger partial charge is 0.412 e. The summed E-state index contributed by atoms with van der Waals surface area (Å²) < 4.78 is 5.20. The summed E-state index contributed by atoms with van der Waals surface area (Å²) in [5.74, 6) is 0. The van der Waals surface area contributed by atoms with E-state index in [1.165, 1.54) is 5.56 Å². The van der Waals surface area contributed by atoms with E-state index in [-0.39, 0.29) is 5.41 Å². The second kappa shape index (κ2) is 4.85. The Kier molecular flexibility index (Phi) is 3.54. The molecule has 0 spiro atoms. The molecule has 0 aromatic heterocycles. The first-order valence-corrected chi connectivity index (χ1v) is 6.65. The fraction of sp³-hybridized carbons (Fsp3) is 0.533. The van der Waals surface area contributed by atoms with E-state index in [1.807, 2.05) is 45.0 Å². The van der Waals surface area contributed by atoms with Crippen molar-refractivity contribution in [3.8, 4) is 0 Å². The maximum absolute atomic E-state index is 11.6. The summed E-state index contributed by atoms with van der Waals surface area (Å²) in [7, 11) is 0. The van der Waals surface area contributed by atoms with Crippen LogP contribution in [-0.2, 0) is 10.2 Å². The number of rotatable bonds is 3. The SMILES string of the molecule is CC(C)(C)OC(=O)Nc1ccc(C2(CN)CC2)cc1. The van der Waals surface area contributed by atoms with Crippen molar-refractivity contribution >= 4 is 11.8 Å². The summed E-state index contributed by atoms with van der Waals surface area (Å²) in [6.45, 7) is 6.21. The Morgan fingerprint density at radius 1 is 1.32 bits per heavy atom. The predicted molar refractivity (Wildman–Crippen MR) is 76.3 cm³/mol. The van der Waals surface area contributed by atoms with E-state index in [1.54, 1.807) is 0 Å². The maximum atomic E-state index is 11.6. The van der Waals surface area contributed by atoms with Gasteiger partial charge in [-0.25, -0.2) is 4.79 Å². The second-order valence-electron chi connectivity index (χ2n) is 6.19. The second-order valence-corrected chi connectivity index (χ2v) is 6.19. The number of amides is 1. The van der Waals surface area contributed by atoms with Crippen LogP contribution in [0.15, 0.2) is 24.3 Å². The molecule has 1 aromatic rings. The highest BCUT2D eigenvalue weighted by Gasteiger charge is 2.42. The van der Waals surface area contributed by atoms with Crippen LogP contribution in [0.3, 0.4) is 0 Å². The normalized spacial score (nSPS) is 16.8. The van der Waals surface area contributed by atoms with E-state index in [2.05, 4.69) is 5.32 Å². The molecular weight excluding hydrogens is 240 g/mol. The zero-order chi connectivity index (χ0) is 14.1. The molecule has 0 bridgehead atoms. The van der Waals surface area contributed by atoms with Gasteiger partial charge in [-0.3, -0.25) is 5.32 Å². The van der Waals surface area contributed by atoms with Crippen LogP contribution in [0.5, 0.6) is 0 Å². The Morgan fingerprint density at radius 2 is 1.89 bits per heavy atom. The summed E-state index contributed by atoms with van der Waals surface area (Å²) in [5.41, 5.74) is 7.50. The summed E-state index contributed by atoms with van der Waals surface area (Å²) in [6, 6.07) is 7.86. The number of anilines is 1. The number of hydrogen-bond donors (Lipinski definition) is 2. The van der Waals surface area contributed by atoms with Gasteiger partial charge in [-0.15, -0.1) is 0 Å². The van der Waals surface area contributed by atoms with Gasteiger partial charge in [0.25, 0.3) is 0 Å². The van der Waals surface area contributed by atoms with Crippen LogP contribution in [0.2, 0.25) is 0 Å². The molecule has 0 radical (unpaired) electrons. The van der Waals surface area contributed by atoms with Crippen LogP contribution in [0, 0.1) is 0 Å². The number of carbonyl (C=O) groups is 1. The Morgan fingerprint density at radius 3 is 2.32 bits per heavy atom. The minimum atomic E-state index is -0.484. The molecule has 1 fully saturated rings. The average molecular weight is 262 g/mol. The minimum absolute atomic E-state index is 0.185. The molecular formula is C15H22N2O2. The fourth-order valence-electron chi connectivity index (χ4n) is 2.09. The Balaban J connectivity index is 1.98. The molecule has 1 aromatic carbocycles. The number of carbonyl (C=O) groups excluding carboxylic acids is 1. The molecule has 0 heterocycles. The maximum Gasteiger partial charge on any atom is 0.412 e. The van der Waals surface area contributed by atoms with Crippen LogP contribution < -0.4 is 11.1 Å². The number of benzene rings is 1. The van der Waals surface area contributed by atoms with Crippen molar-refractivity contribution in [1.82, 2.24) is 0 Å². The first-order chi connectivity index (χ1) is 8.85. The molecule has 1 amide bonds. The number of ether oxygens (including phenoxy) is 1. The van der Waals surface area contributed by atoms with E-state index in [4.69, 9.17) is 10.5 Å². The fourth-order valence-corrected chi connectivity index (χ4v) is 2.09. The van der Waals surface area contributed by atoms with Crippen LogP contribution in [0.4, 0.5) is 10.5 Å². The highest BCUT2D eigenvalue weighted by molar-refractivity contribution is 5.84. The molecule has 0 saturated heterocycles. The largest absolute Gasteiger partial charge is 0.444 e. The Labute approximate surface area is 114 Å². The van der Waals surface area contributed by atoms with Crippen molar-refractivity contribution in [2.75, 3.05) is 11.9 Å². The van der Waals surface area contributed by atoms with Crippen molar-refractivity contribution in [2.24, 2.45) is 5.73 Å². The monoisotopic (exact) mass is 262 g/mol. The standard InChI is InChI=1S/C15H22N2O2/c1-14(2,3)19-13(18)17-12-6-4-11(5-7-12)15(10-16)8-9-15/h4-7H,8-10,16H2,1-3H3,(H,17,18). The lowest BCUT2D eigenvalue weighted by Crippen LogP contribution is -2.27. The van der Waals surface area contributed by atoms with Gasteiger partial charge >= 0.3 is 6.09 Å². The van der Waals surface area contributed by atoms with Gasteiger partial charge in [0.15, 0.2) is 0 Å². The Hall–Kier alpha value is -1.55. The molecule has 4 heteroatoms. The molecule has 4 nitrogen and oxygen atoms in total. The van der Waals surface area contributed by atoms with E-state index < -0.39 is 11.7 Å². The lowest BCUT2D eigenvalue weighted by atomic mass is 9.96. The lowest BCUT2D eigenvalue weighted by Gasteiger charge is -2.20. The molecule has 19 heavy (non-hydrogen) atoms. The molecule has 104 valence electrons. The number of nitrogens with one attached hydrogen (secondary N) is 1. The van der Waals surface area contributed by atoms with Crippen LogP contribution in [0.1, 0.15) is 39.2 Å². The summed E-state index contributed by atoms with van der Waals surface area (Å²) >= 11 is 0. The molecule has 2 rings (SSSR count). The molecule has 1 saturated carbocycles. The third-order valence-corrected chi connectivity index (χ3v) is 3.39. The quantitative estimate of drug-likeness (QED) is 0.880. The van der Waals surface area contributed by atoms with Crippen molar-refractivity contribution in [2.45, 2.75) is 44.6 Å². The van der Waals surface area contributed by atoms with Gasteiger partial charge in [-0.2, -0.15) is 0 Å². The van der Waals surface area contributed by atoms with E-state index in [9.17, 15) is 4.79 Å². The highest BCUT2D eigenvalue weighted by atomic mass is 16.6. The topological polar surface area (TPSA) is 64.3 Å². The van der Waals surface area contributed by atoms with Crippen molar-refractivity contribution in [3.63, 3.8) is 0 Å². The van der Waals surface area contributed by atoms with E-state index in [0.717, 1.165) is 18.5 Å². The van der Waals surface area contributed by atoms with Crippen molar-refractivity contribution in [3.05, 3.63) is 29.8 Å². The zero-order valence-electron chi connectivity index (χ0n) is 11.8. The number of nitrogens with two attached hydrogens (primary N) is 1.